The molecule has 4 aromatic rings. The highest BCUT2D eigenvalue weighted by Gasteiger charge is 2.26. The van der Waals surface area contributed by atoms with Crippen LogP contribution in [-0.2, 0) is 7.05 Å². The first-order valence-corrected chi connectivity index (χ1v) is 12.8. The molecule has 2 aromatic carbocycles. The molecule has 0 amide bonds. The van der Waals surface area contributed by atoms with E-state index in [0.29, 0.717) is 22.0 Å². The first-order valence-electron chi connectivity index (χ1n) is 12.5. The predicted molar refractivity (Wildman–Crippen MR) is 150 cm³/mol. The fourth-order valence-electron chi connectivity index (χ4n) is 4.90. The van der Waals surface area contributed by atoms with Crippen LogP contribution < -0.4 is 10.6 Å². The number of benzene rings is 2. The molecule has 1 aliphatic rings. The number of nitrogens with zero attached hydrogens (tertiary/aromatic N) is 5. The third-order valence-corrected chi connectivity index (χ3v) is 7.41. The van der Waals surface area contributed by atoms with Crippen molar-refractivity contribution in [3.63, 3.8) is 0 Å². The van der Waals surface area contributed by atoms with Crippen molar-refractivity contribution in [2.45, 2.75) is 26.3 Å². The quantitative estimate of drug-likeness (QED) is 0.404. The second kappa shape index (κ2) is 9.72. The van der Waals surface area contributed by atoms with E-state index in [9.17, 15) is 9.90 Å². The summed E-state index contributed by atoms with van der Waals surface area (Å²) in [5.41, 5.74) is 4.45. The molecule has 37 heavy (non-hydrogen) atoms. The van der Waals surface area contributed by atoms with E-state index < -0.39 is 0 Å². The Bertz CT molecular complexity index is 1490. The molecule has 1 N–H and O–H groups in total. The lowest BCUT2D eigenvalue weighted by molar-refractivity contribution is 0.128. The average Bonchev–Trinajstić information content (AvgIpc) is 3.21. The molecule has 0 radical (unpaired) electrons. The van der Waals surface area contributed by atoms with E-state index in [1.165, 1.54) is 9.13 Å². The third kappa shape index (κ3) is 4.89. The van der Waals surface area contributed by atoms with Gasteiger partial charge in [-0.25, -0.2) is 4.79 Å². The van der Waals surface area contributed by atoms with Gasteiger partial charge >= 0.3 is 5.69 Å². The Morgan fingerprint density at radius 1 is 0.946 bits per heavy atom. The highest BCUT2D eigenvalue weighted by atomic mass is 35.5. The fourth-order valence-corrected chi connectivity index (χ4v) is 5.17. The van der Waals surface area contributed by atoms with Gasteiger partial charge < -0.3 is 14.6 Å². The summed E-state index contributed by atoms with van der Waals surface area (Å²) in [4.78, 5) is 21.8. The number of rotatable bonds is 4. The minimum Gasteiger partial charge on any atom is -0.505 e. The number of piperazine rings is 1. The van der Waals surface area contributed by atoms with Crippen LogP contribution in [0.1, 0.15) is 20.8 Å². The first-order chi connectivity index (χ1) is 17.6. The second-order valence-electron chi connectivity index (χ2n) is 10.5. The molecule has 0 atom stereocenters. The van der Waals surface area contributed by atoms with Crippen LogP contribution >= 0.6 is 11.6 Å². The Kier molecular flexibility index (Phi) is 6.60. The maximum atomic E-state index is 12.3. The topological polar surface area (TPSA) is 66.5 Å². The predicted octanol–water partition coefficient (Wildman–Crippen LogP) is 5.18. The highest BCUT2D eigenvalue weighted by molar-refractivity contribution is 6.32. The molecule has 0 unspecified atom stereocenters. The lowest BCUT2D eigenvalue weighted by Crippen LogP contribution is -2.53. The van der Waals surface area contributed by atoms with Gasteiger partial charge in [-0.2, -0.15) is 0 Å². The van der Waals surface area contributed by atoms with E-state index in [1.54, 1.807) is 43.8 Å². The van der Waals surface area contributed by atoms with Crippen molar-refractivity contribution < 1.29 is 5.11 Å². The van der Waals surface area contributed by atoms with Crippen molar-refractivity contribution in [1.29, 1.82) is 0 Å². The first kappa shape index (κ1) is 25.1. The molecule has 0 spiro atoms. The molecular weight excluding hydrogens is 486 g/mol. The third-order valence-electron chi connectivity index (χ3n) is 7.10. The van der Waals surface area contributed by atoms with Crippen molar-refractivity contribution in [2.75, 3.05) is 31.1 Å². The number of pyridine rings is 1. The van der Waals surface area contributed by atoms with E-state index in [2.05, 4.69) is 47.7 Å². The van der Waals surface area contributed by atoms with Crippen molar-refractivity contribution in [3.05, 3.63) is 82.6 Å². The molecule has 0 bridgehead atoms. The Labute approximate surface area is 222 Å². The van der Waals surface area contributed by atoms with Gasteiger partial charge in [0.2, 0.25) is 0 Å². The average molecular weight is 518 g/mol. The summed E-state index contributed by atoms with van der Waals surface area (Å²) >= 11 is 6.57. The number of halogens is 1. The maximum Gasteiger partial charge on any atom is 0.332 e. The molecule has 3 heterocycles. The minimum absolute atomic E-state index is 0.0953. The summed E-state index contributed by atoms with van der Waals surface area (Å²) < 4.78 is 2.99. The number of aromatic nitrogens is 3. The molecule has 8 heteroatoms. The molecule has 5 rings (SSSR count). The van der Waals surface area contributed by atoms with Gasteiger partial charge in [0.25, 0.3) is 0 Å². The van der Waals surface area contributed by atoms with Crippen molar-refractivity contribution in [1.82, 2.24) is 19.0 Å². The zero-order chi connectivity index (χ0) is 26.3. The fraction of sp³-hybridized carbons (Fsp3) is 0.310. The van der Waals surface area contributed by atoms with E-state index >= 15 is 0 Å². The number of aryl methyl sites for hydroxylation is 1. The molecule has 1 fully saturated rings. The maximum absolute atomic E-state index is 12.3. The van der Waals surface area contributed by atoms with Gasteiger partial charge in [0, 0.05) is 74.2 Å². The SMILES string of the molecule is Cn1ccn(-c2ccc(-c3ccnc(-c4cccc(N5CCN(C(C)(C)C)CC5)c4)c3O)cc2Cl)c1=O. The van der Waals surface area contributed by atoms with Gasteiger partial charge in [-0.05, 0) is 56.7 Å². The molecule has 1 saturated heterocycles. The van der Waals surface area contributed by atoms with Crippen molar-refractivity contribution >= 4 is 17.3 Å². The molecule has 1 aliphatic heterocycles. The van der Waals surface area contributed by atoms with Crippen LogP contribution in [0.5, 0.6) is 5.75 Å². The normalized spacial score (nSPS) is 14.8. The number of anilines is 1. The summed E-state index contributed by atoms with van der Waals surface area (Å²) in [5, 5.41) is 11.7. The van der Waals surface area contributed by atoms with Crippen LogP contribution in [0.2, 0.25) is 5.02 Å². The van der Waals surface area contributed by atoms with Crippen LogP contribution in [-0.4, -0.2) is 55.8 Å². The van der Waals surface area contributed by atoms with E-state index in [1.807, 2.05) is 18.2 Å². The van der Waals surface area contributed by atoms with Gasteiger partial charge in [0.15, 0.2) is 0 Å². The van der Waals surface area contributed by atoms with Gasteiger partial charge in [-0.15, -0.1) is 0 Å². The minimum atomic E-state index is -0.177. The van der Waals surface area contributed by atoms with E-state index in [4.69, 9.17) is 11.6 Å². The lowest BCUT2D eigenvalue weighted by atomic mass is 10.0. The van der Waals surface area contributed by atoms with Crippen molar-refractivity contribution in [2.24, 2.45) is 7.05 Å². The number of hydrogen-bond acceptors (Lipinski definition) is 5. The summed E-state index contributed by atoms with van der Waals surface area (Å²) in [7, 11) is 1.69. The lowest BCUT2D eigenvalue weighted by Gasteiger charge is -2.43. The number of aromatic hydroxyl groups is 1. The second-order valence-corrected chi connectivity index (χ2v) is 10.9. The smallest absolute Gasteiger partial charge is 0.332 e. The van der Waals surface area contributed by atoms with Crippen LogP contribution in [0.25, 0.3) is 28.1 Å². The van der Waals surface area contributed by atoms with Gasteiger partial charge in [0.05, 0.1) is 10.7 Å². The van der Waals surface area contributed by atoms with E-state index in [-0.39, 0.29) is 17.0 Å². The van der Waals surface area contributed by atoms with E-state index in [0.717, 1.165) is 43.0 Å². The van der Waals surface area contributed by atoms with Crippen LogP contribution in [0, 0.1) is 0 Å². The Morgan fingerprint density at radius 3 is 2.35 bits per heavy atom. The molecule has 2 aromatic heterocycles. The summed E-state index contributed by atoms with van der Waals surface area (Å²) in [5.74, 6) is 0.0953. The van der Waals surface area contributed by atoms with Gasteiger partial charge in [-0.3, -0.25) is 14.5 Å². The standard InChI is InChI=1S/C29H32ClN5O2/c1-29(2,3)34-15-13-33(14-16-34)22-7-5-6-21(18-22)26-27(36)23(10-11-31-26)20-8-9-25(24(30)19-20)35-17-12-32(4)28(35)37/h5-12,17-19,36H,13-16H2,1-4H3. The summed E-state index contributed by atoms with van der Waals surface area (Å²) in [6.45, 7) is 10.7. The van der Waals surface area contributed by atoms with Gasteiger partial charge in [0.1, 0.15) is 11.4 Å². The monoisotopic (exact) mass is 517 g/mol. The number of imidazole rings is 1. The van der Waals surface area contributed by atoms with Crippen LogP contribution in [0.3, 0.4) is 0 Å². The molecular formula is C29H32ClN5O2. The zero-order valence-electron chi connectivity index (χ0n) is 21.6. The van der Waals surface area contributed by atoms with Gasteiger partial charge in [-0.1, -0.05) is 29.8 Å². The zero-order valence-corrected chi connectivity index (χ0v) is 22.4. The molecule has 0 aliphatic carbocycles. The Balaban J connectivity index is 1.43. The highest BCUT2D eigenvalue weighted by Crippen LogP contribution is 2.39. The summed E-state index contributed by atoms with van der Waals surface area (Å²) in [6, 6.07) is 15.4. The van der Waals surface area contributed by atoms with Crippen LogP contribution in [0.4, 0.5) is 5.69 Å². The van der Waals surface area contributed by atoms with Crippen molar-refractivity contribution in [3.8, 4) is 33.8 Å². The number of hydrogen-bond donors (Lipinski definition) is 1. The largest absolute Gasteiger partial charge is 0.505 e. The molecule has 7 nitrogen and oxygen atoms in total. The Hall–Kier alpha value is -3.55. The summed E-state index contributed by atoms with van der Waals surface area (Å²) in [6.07, 6.45) is 5.07. The Morgan fingerprint density at radius 2 is 1.70 bits per heavy atom. The molecule has 192 valence electrons. The molecule has 0 saturated carbocycles. The van der Waals surface area contributed by atoms with Crippen LogP contribution in [0.15, 0.2) is 71.9 Å².